The summed E-state index contributed by atoms with van der Waals surface area (Å²) in [4.78, 5) is 47.3. The first kappa shape index (κ1) is 31.0. The third-order valence-electron chi connectivity index (χ3n) is 8.59. The van der Waals surface area contributed by atoms with E-state index in [2.05, 4.69) is 32.9 Å². The lowest BCUT2D eigenvalue weighted by Gasteiger charge is -2.29. The first-order valence-electron chi connectivity index (χ1n) is 15.3. The molecule has 0 fully saturated rings. The first-order chi connectivity index (χ1) is 22.4. The van der Waals surface area contributed by atoms with Crippen molar-refractivity contribution in [3.8, 4) is 0 Å². The Hall–Kier alpha value is -4.61. The second-order valence-corrected chi connectivity index (χ2v) is 14.4. The molecular weight excluding hydrogens is 638 g/mol. The quantitative estimate of drug-likeness (QED) is 0.137. The highest BCUT2D eigenvalue weighted by Gasteiger charge is 2.46. The molecule has 7 rings (SSSR count). The molecule has 2 aromatic carbocycles. The number of ether oxygens (including phenoxy) is 1. The van der Waals surface area contributed by atoms with E-state index in [1.807, 2.05) is 12.1 Å². The van der Waals surface area contributed by atoms with Crippen molar-refractivity contribution in [2.45, 2.75) is 38.5 Å². The van der Waals surface area contributed by atoms with Gasteiger partial charge < -0.3 is 30.0 Å². The number of rotatable bonds is 5. The van der Waals surface area contributed by atoms with Crippen molar-refractivity contribution in [3.05, 3.63) is 94.0 Å². The molecule has 0 saturated carbocycles. The number of halogens is 1. The van der Waals surface area contributed by atoms with Gasteiger partial charge in [0, 0.05) is 69.2 Å². The zero-order valence-corrected chi connectivity index (χ0v) is 27.8. The monoisotopic (exact) mass is 671 g/mol. The Kier molecular flexibility index (Phi) is 7.64. The number of nitrogens with one attached hydrogen (secondary N) is 4. The van der Waals surface area contributed by atoms with E-state index >= 15 is 0 Å². The van der Waals surface area contributed by atoms with E-state index in [4.69, 9.17) is 16.3 Å². The van der Waals surface area contributed by atoms with Crippen LogP contribution in [0.2, 0.25) is 0 Å². The van der Waals surface area contributed by atoms with E-state index in [9.17, 15) is 19.5 Å². The van der Waals surface area contributed by atoms with Crippen LogP contribution in [0.25, 0.3) is 21.8 Å². The third kappa shape index (κ3) is 5.78. The number of hydrogen-bond donors (Lipinski definition) is 5. The number of thioether (sulfide) groups is 1. The van der Waals surface area contributed by atoms with E-state index in [1.165, 1.54) is 5.57 Å². The van der Waals surface area contributed by atoms with Gasteiger partial charge in [-0.25, -0.2) is 4.79 Å². The number of hydrogen-bond acceptors (Lipinski definition) is 6. The lowest BCUT2D eigenvalue weighted by Crippen LogP contribution is -2.30. The molecule has 0 spiro atoms. The number of aromatic nitrogens is 2. The van der Waals surface area contributed by atoms with Crippen molar-refractivity contribution in [1.29, 1.82) is 0 Å². The van der Waals surface area contributed by atoms with Crippen LogP contribution in [0, 0.1) is 11.8 Å². The van der Waals surface area contributed by atoms with E-state index in [0.29, 0.717) is 35.2 Å². The Morgan fingerprint density at radius 1 is 1.00 bits per heavy atom. The van der Waals surface area contributed by atoms with Gasteiger partial charge in [0.2, 0.25) is 0 Å². The second kappa shape index (κ2) is 11.6. The van der Waals surface area contributed by atoms with Gasteiger partial charge in [-0.15, -0.1) is 23.4 Å². The summed E-state index contributed by atoms with van der Waals surface area (Å²) in [7, 11) is 0. The summed E-state index contributed by atoms with van der Waals surface area (Å²) in [6.07, 6.45) is 1.16. The first-order valence-corrected chi connectivity index (χ1v) is 16.8. The summed E-state index contributed by atoms with van der Waals surface area (Å²) in [5.74, 6) is 0.135. The molecule has 2 unspecified atom stereocenters. The van der Waals surface area contributed by atoms with E-state index in [1.54, 1.807) is 79.9 Å². The van der Waals surface area contributed by atoms with Crippen molar-refractivity contribution in [2.24, 2.45) is 11.8 Å². The standard InChI is InChI=1S/C35H34ClN5O5S/c1-17-16-47-31-28(42)13-27-30(29(17)31)20(14-36)15-41(27)33(44)26-12-19-9-21(5-7-24(19)40-26)37-32(43)25-11-18-10-22(6-8-23(18)39-25)38-34(45)46-35(2,3)4/h5-13,16,20,29,31,39-40,42H,14-15H2,1-4H3,(H,37,43)(H,38,45)/t20-,29?,31?/m0/s1. The number of allylic oxidation sites excluding steroid dienone is 2. The van der Waals surface area contributed by atoms with Crippen molar-refractivity contribution in [1.82, 2.24) is 14.9 Å². The summed E-state index contributed by atoms with van der Waals surface area (Å²) in [5.41, 5.74) is 5.74. The predicted octanol–water partition coefficient (Wildman–Crippen LogP) is 7.90. The molecule has 3 atom stereocenters. The van der Waals surface area contributed by atoms with Gasteiger partial charge in [-0.1, -0.05) is 5.57 Å². The zero-order chi connectivity index (χ0) is 33.2. The summed E-state index contributed by atoms with van der Waals surface area (Å²) in [5, 5.41) is 20.0. The molecule has 2 aromatic heterocycles. The van der Waals surface area contributed by atoms with Gasteiger partial charge in [-0.05, 0) is 87.2 Å². The molecule has 4 aromatic rings. The number of carbonyl (C=O) groups is 3. The number of anilines is 2. The fourth-order valence-electron chi connectivity index (χ4n) is 6.55. The topological polar surface area (TPSA) is 140 Å². The molecule has 0 radical (unpaired) electrons. The van der Waals surface area contributed by atoms with Crippen LogP contribution in [0.3, 0.4) is 0 Å². The predicted molar refractivity (Wildman–Crippen MR) is 186 cm³/mol. The average molecular weight is 672 g/mol. The number of benzene rings is 2. The third-order valence-corrected chi connectivity index (χ3v) is 10.3. The maximum atomic E-state index is 13.9. The van der Waals surface area contributed by atoms with Crippen LogP contribution >= 0.6 is 23.4 Å². The van der Waals surface area contributed by atoms with Crippen molar-refractivity contribution >= 4 is 74.5 Å². The van der Waals surface area contributed by atoms with Crippen LogP contribution < -0.4 is 10.6 Å². The van der Waals surface area contributed by atoms with Crippen LogP contribution in [0.4, 0.5) is 16.2 Å². The van der Waals surface area contributed by atoms with Gasteiger partial charge in [0.25, 0.3) is 11.8 Å². The minimum absolute atomic E-state index is 0.00169. The minimum Gasteiger partial charge on any atom is -0.511 e. The Balaban J connectivity index is 1.08. The normalized spacial score (nSPS) is 20.6. The van der Waals surface area contributed by atoms with Crippen LogP contribution in [0.1, 0.15) is 48.7 Å². The molecule has 1 aliphatic carbocycles. The summed E-state index contributed by atoms with van der Waals surface area (Å²) < 4.78 is 5.32. The highest BCUT2D eigenvalue weighted by Crippen LogP contribution is 2.52. The number of fused-ring (bicyclic) bond motifs is 4. The Labute approximate surface area is 280 Å². The molecule has 3 aliphatic rings. The van der Waals surface area contributed by atoms with Crippen molar-refractivity contribution in [2.75, 3.05) is 23.1 Å². The molecule has 47 heavy (non-hydrogen) atoms. The minimum atomic E-state index is -0.620. The summed E-state index contributed by atoms with van der Waals surface area (Å²) >= 11 is 8.01. The van der Waals surface area contributed by atoms with Crippen molar-refractivity contribution in [3.63, 3.8) is 0 Å². The Morgan fingerprint density at radius 2 is 1.64 bits per heavy atom. The fourth-order valence-corrected chi connectivity index (χ4v) is 8.04. The number of aliphatic hydroxyl groups excluding tert-OH is 1. The molecule has 10 nitrogen and oxygen atoms in total. The second-order valence-electron chi connectivity index (χ2n) is 13.1. The van der Waals surface area contributed by atoms with Crippen LogP contribution in [-0.2, 0) is 4.74 Å². The summed E-state index contributed by atoms with van der Waals surface area (Å²) in [6.45, 7) is 7.88. The molecule has 0 saturated heterocycles. The number of alkyl halides is 1. The van der Waals surface area contributed by atoms with Crippen LogP contribution in [-0.4, -0.2) is 61.2 Å². The largest absolute Gasteiger partial charge is 0.511 e. The molecule has 4 heterocycles. The number of nitrogens with zero attached hydrogens (tertiary/aromatic N) is 1. The van der Waals surface area contributed by atoms with Crippen LogP contribution in [0.5, 0.6) is 0 Å². The molecular formula is C35H34ClN5O5S. The van der Waals surface area contributed by atoms with Gasteiger partial charge in [0.1, 0.15) is 22.7 Å². The lowest BCUT2D eigenvalue weighted by atomic mass is 9.80. The summed E-state index contributed by atoms with van der Waals surface area (Å²) in [6, 6.07) is 14.2. The van der Waals surface area contributed by atoms with Gasteiger partial charge >= 0.3 is 6.09 Å². The maximum Gasteiger partial charge on any atom is 0.412 e. The van der Waals surface area contributed by atoms with E-state index in [0.717, 1.165) is 33.1 Å². The Bertz CT molecular complexity index is 2070. The number of carbonyl (C=O) groups excluding carboxylic acids is 3. The Morgan fingerprint density at radius 3 is 2.30 bits per heavy atom. The van der Waals surface area contributed by atoms with Crippen LogP contribution in [0.15, 0.2) is 82.6 Å². The molecule has 12 heteroatoms. The average Bonchev–Trinajstić information content (AvgIpc) is 3.79. The molecule has 2 aliphatic heterocycles. The highest BCUT2D eigenvalue weighted by molar-refractivity contribution is 8.03. The lowest BCUT2D eigenvalue weighted by molar-refractivity contribution is 0.0635. The maximum absolute atomic E-state index is 13.9. The van der Waals surface area contributed by atoms with E-state index < -0.39 is 11.7 Å². The number of H-pyrrole nitrogens is 2. The van der Waals surface area contributed by atoms with Gasteiger partial charge in [-0.3, -0.25) is 14.9 Å². The molecule has 0 bridgehead atoms. The highest BCUT2D eigenvalue weighted by atomic mass is 35.5. The number of aromatic amines is 2. The molecule has 3 amide bonds. The number of aliphatic hydroxyl groups is 1. The number of amides is 3. The van der Waals surface area contributed by atoms with Gasteiger partial charge in [0.15, 0.2) is 0 Å². The SMILES string of the molecule is CC1=CSC2C(O)=CC3=C(C12)[C@@H](CCl)CN3C(=O)c1cc2cc(NC(=O)c3cc4cc(NC(=O)OC(C)(C)C)ccc4[nH]3)ccc2[nH]1. The van der Waals surface area contributed by atoms with E-state index in [-0.39, 0.29) is 34.7 Å². The molecule has 242 valence electrons. The molecule has 5 N–H and O–H groups in total. The van der Waals surface area contributed by atoms with Gasteiger partial charge in [0.05, 0.1) is 5.25 Å². The van der Waals surface area contributed by atoms with Gasteiger partial charge in [-0.2, -0.15) is 0 Å². The smallest absolute Gasteiger partial charge is 0.412 e. The van der Waals surface area contributed by atoms with Crippen molar-refractivity contribution < 1.29 is 24.2 Å². The fraction of sp³-hybridized carbons (Fsp3) is 0.286. The zero-order valence-electron chi connectivity index (χ0n) is 26.2.